The van der Waals surface area contributed by atoms with Crippen molar-refractivity contribution in [2.75, 3.05) is 0 Å². The summed E-state index contributed by atoms with van der Waals surface area (Å²) in [4.78, 5) is 0. The molecule has 0 amide bonds. The molecule has 0 fully saturated rings. The number of halogens is 4. The van der Waals surface area contributed by atoms with Gasteiger partial charge in [-0.25, -0.2) is 8.78 Å². The van der Waals surface area contributed by atoms with Crippen LogP contribution >= 0.6 is 0 Å². The molecule has 0 aliphatic heterocycles. The Morgan fingerprint density at radius 2 is 1.89 bits per heavy atom. The molecule has 0 saturated carbocycles. The van der Waals surface area contributed by atoms with E-state index in [-0.39, 0.29) is 0 Å². The average molecular weight is 143 g/mol. The van der Waals surface area contributed by atoms with Crippen molar-refractivity contribution in [3.8, 4) is 0 Å². The smallest absolute Gasteiger partial charge is 0.213 e. The van der Waals surface area contributed by atoms with Gasteiger partial charge >= 0.3 is 0 Å². The molecular weight excluding hydrogens is 138 g/mol. The second-order valence-corrected chi connectivity index (χ2v) is 1.59. The highest BCUT2D eigenvalue weighted by molar-refractivity contribution is 4.97. The second kappa shape index (κ2) is 2.34. The maximum atomic E-state index is 12.0. The SMILES string of the molecule is C=C(F)C(C)(F)N(F)F. The highest BCUT2D eigenvalue weighted by Gasteiger charge is 2.37. The summed E-state index contributed by atoms with van der Waals surface area (Å²) in [5.74, 6) is -5.08. The van der Waals surface area contributed by atoms with E-state index in [1.54, 1.807) is 0 Å². The molecule has 0 radical (unpaired) electrons. The van der Waals surface area contributed by atoms with Crippen LogP contribution in [0, 0.1) is 0 Å². The van der Waals surface area contributed by atoms with Gasteiger partial charge in [0.2, 0.25) is 0 Å². The van der Waals surface area contributed by atoms with E-state index in [4.69, 9.17) is 0 Å². The topological polar surface area (TPSA) is 3.24 Å². The summed E-state index contributed by atoms with van der Waals surface area (Å²) in [6.45, 7) is 2.76. The third kappa shape index (κ3) is 1.67. The Morgan fingerprint density at radius 3 is 1.89 bits per heavy atom. The molecule has 1 atom stereocenters. The van der Waals surface area contributed by atoms with Gasteiger partial charge in [0.1, 0.15) is 5.83 Å². The fourth-order valence-corrected chi connectivity index (χ4v) is 0.0917. The Bertz CT molecular complexity index is 120. The van der Waals surface area contributed by atoms with Crippen LogP contribution < -0.4 is 0 Å². The monoisotopic (exact) mass is 143 g/mol. The predicted molar refractivity (Wildman–Crippen MR) is 23.8 cm³/mol. The van der Waals surface area contributed by atoms with Gasteiger partial charge in [-0.05, 0) is 6.92 Å². The molecule has 1 nitrogen and oxygen atoms in total. The van der Waals surface area contributed by atoms with Crippen molar-refractivity contribution in [1.82, 2.24) is 5.34 Å². The Kier molecular flexibility index (Phi) is 2.19. The first-order valence-electron chi connectivity index (χ1n) is 2.04. The molecule has 0 saturated heterocycles. The van der Waals surface area contributed by atoms with Crippen molar-refractivity contribution in [3.63, 3.8) is 0 Å². The summed E-state index contributed by atoms with van der Waals surface area (Å²) >= 11 is 0. The van der Waals surface area contributed by atoms with E-state index in [0.717, 1.165) is 0 Å². The van der Waals surface area contributed by atoms with Gasteiger partial charge < -0.3 is 0 Å². The van der Waals surface area contributed by atoms with Gasteiger partial charge in [-0.1, -0.05) is 15.5 Å². The molecule has 0 bridgehead atoms. The van der Waals surface area contributed by atoms with E-state index in [0.29, 0.717) is 6.92 Å². The molecule has 0 spiro atoms. The van der Waals surface area contributed by atoms with E-state index >= 15 is 0 Å². The van der Waals surface area contributed by atoms with Crippen LogP contribution in [0.25, 0.3) is 0 Å². The van der Waals surface area contributed by atoms with E-state index in [9.17, 15) is 17.7 Å². The molecule has 0 aliphatic rings. The minimum Gasteiger partial charge on any atom is -0.213 e. The summed E-state index contributed by atoms with van der Waals surface area (Å²) < 4.78 is 46.1. The predicted octanol–water partition coefficient (Wildman–Crippen LogP) is 2.23. The normalized spacial score (nSPS) is 17.6. The quantitative estimate of drug-likeness (QED) is 0.325. The Hall–Kier alpha value is -0.580. The average Bonchev–Trinajstić information content (AvgIpc) is 1.65. The van der Waals surface area contributed by atoms with E-state index in [1.165, 1.54) is 0 Å². The van der Waals surface area contributed by atoms with Crippen molar-refractivity contribution >= 4 is 0 Å². The largest absolute Gasteiger partial charge is 0.269 e. The molecule has 0 heterocycles. The van der Waals surface area contributed by atoms with Crippen molar-refractivity contribution in [2.24, 2.45) is 0 Å². The standard InChI is InChI=1S/C4H5F4N/c1-3(5)4(2,6)9(7)8/h1H2,2H3. The molecule has 0 aromatic carbocycles. The lowest BCUT2D eigenvalue weighted by atomic mass is 10.3. The van der Waals surface area contributed by atoms with Crippen molar-refractivity contribution in [2.45, 2.75) is 12.7 Å². The van der Waals surface area contributed by atoms with Crippen LogP contribution in [0.3, 0.4) is 0 Å². The van der Waals surface area contributed by atoms with Crippen molar-refractivity contribution < 1.29 is 17.7 Å². The van der Waals surface area contributed by atoms with Crippen LogP contribution in [-0.4, -0.2) is 11.1 Å². The van der Waals surface area contributed by atoms with Crippen LogP contribution in [-0.2, 0) is 0 Å². The summed E-state index contributed by atoms with van der Waals surface area (Å²) in [5.41, 5.74) is 0. The molecular formula is C4H5F4N. The summed E-state index contributed by atoms with van der Waals surface area (Å²) in [6.07, 6.45) is 0. The van der Waals surface area contributed by atoms with E-state index in [1.807, 2.05) is 0 Å². The fraction of sp³-hybridized carbons (Fsp3) is 0.500. The Labute approximate surface area is 49.4 Å². The number of hydrogen-bond acceptors (Lipinski definition) is 1. The lowest BCUT2D eigenvalue weighted by molar-refractivity contribution is -0.261. The summed E-state index contributed by atoms with van der Waals surface area (Å²) in [5, 5.41) is -1.88. The molecule has 0 rings (SSSR count). The first-order valence-corrected chi connectivity index (χ1v) is 2.04. The van der Waals surface area contributed by atoms with E-state index in [2.05, 4.69) is 6.58 Å². The highest BCUT2D eigenvalue weighted by Crippen LogP contribution is 2.26. The molecule has 0 aromatic heterocycles. The maximum absolute atomic E-state index is 12.0. The highest BCUT2D eigenvalue weighted by atomic mass is 19.4. The molecule has 0 N–H and O–H groups in total. The Morgan fingerprint density at radius 1 is 1.56 bits per heavy atom. The van der Waals surface area contributed by atoms with Crippen LogP contribution in [0.2, 0.25) is 0 Å². The van der Waals surface area contributed by atoms with Crippen LogP contribution in [0.1, 0.15) is 6.92 Å². The lowest BCUT2D eigenvalue weighted by Crippen LogP contribution is -2.30. The van der Waals surface area contributed by atoms with Gasteiger partial charge in [-0.2, -0.15) is 0 Å². The van der Waals surface area contributed by atoms with Gasteiger partial charge in [0, 0.05) is 0 Å². The number of alkyl halides is 1. The third-order valence-electron chi connectivity index (χ3n) is 0.813. The minimum absolute atomic E-state index is 0.370. The number of hydrogen-bond donors (Lipinski definition) is 0. The molecule has 1 unspecified atom stereocenters. The van der Waals surface area contributed by atoms with Crippen molar-refractivity contribution in [3.05, 3.63) is 12.4 Å². The fourth-order valence-electron chi connectivity index (χ4n) is 0.0917. The van der Waals surface area contributed by atoms with Crippen LogP contribution in [0.15, 0.2) is 12.4 Å². The molecule has 9 heavy (non-hydrogen) atoms. The van der Waals surface area contributed by atoms with Gasteiger partial charge in [0.25, 0.3) is 5.79 Å². The van der Waals surface area contributed by atoms with Crippen LogP contribution in [0.4, 0.5) is 17.7 Å². The molecule has 54 valence electrons. The second-order valence-electron chi connectivity index (χ2n) is 1.59. The molecule has 0 aromatic rings. The number of nitrogens with zero attached hydrogens (tertiary/aromatic N) is 1. The minimum atomic E-state index is -3.36. The molecule has 0 aliphatic carbocycles. The zero-order chi connectivity index (χ0) is 7.65. The maximum Gasteiger partial charge on any atom is 0.269 e. The van der Waals surface area contributed by atoms with E-state index < -0.39 is 17.0 Å². The zero-order valence-corrected chi connectivity index (χ0v) is 4.67. The summed E-state index contributed by atoms with van der Waals surface area (Å²) in [7, 11) is 0. The van der Waals surface area contributed by atoms with Gasteiger partial charge in [-0.3, -0.25) is 0 Å². The van der Waals surface area contributed by atoms with Gasteiger partial charge in [0.05, 0.1) is 5.34 Å². The lowest BCUT2D eigenvalue weighted by Gasteiger charge is -2.15. The third-order valence-corrected chi connectivity index (χ3v) is 0.813. The first-order chi connectivity index (χ1) is 3.89. The Balaban J connectivity index is 4.19. The first kappa shape index (κ1) is 8.42. The van der Waals surface area contributed by atoms with Gasteiger partial charge in [-0.15, -0.1) is 0 Å². The van der Waals surface area contributed by atoms with Crippen LogP contribution in [0.5, 0.6) is 0 Å². The zero-order valence-electron chi connectivity index (χ0n) is 4.67. The summed E-state index contributed by atoms with van der Waals surface area (Å²) in [6, 6.07) is 0. The number of rotatable bonds is 2. The van der Waals surface area contributed by atoms with Gasteiger partial charge in [0.15, 0.2) is 0 Å². The van der Waals surface area contributed by atoms with Crippen molar-refractivity contribution in [1.29, 1.82) is 0 Å². The molecule has 5 heteroatoms.